The fourth-order valence-electron chi connectivity index (χ4n) is 3.37. The number of carbonyl (C=O) groups is 2. The molecule has 0 aliphatic heterocycles. The molecule has 166 valence electrons. The maximum atomic E-state index is 12.4. The van der Waals surface area contributed by atoms with Crippen molar-refractivity contribution in [3.8, 4) is 0 Å². The van der Waals surface area contributed by atoms with E-state index in [9.17, 15) is 9.59 Å². The molecule has 0 spiro atoms. The lowest BCUT2D eigenvalue weighted by atomic mass is 10.1. The van der Waals surface area contributed by atoms with Crippen LogP contribution in [0.5, 0.6) is 0 Å². The van der Waals surface area contributed by atoms with Gasteiger partial charge in [0.1, 0.15) is 0 Å². The lowest BCUT2D eigenvalue weighted by Crippen LogP contribution is -2.13. The topological polar surface area (TPSA) is 110 Å². The maximum absolute atomic E-state index is 12.4. The van der Waals surface area contributed by atoms with Gasteiger partial charge in [-0.3, -0.25) is 9.59 Å². The van der Waals surface area contributed by atoms with Crippen LogP contribution in [-0.2, 0) is 17.6 Å². The number of para-hydroxylation sites is 2. The van der Waals surface area contributed by atoms with E-state index in [4.69, 9.17) is 11.5 Å². The number of nitrogens with one attached hydrogen (secondary N) is 2. The summed E-state index contributed by atoms with van der Waals surface area (Å²) in [6, 6.07) is 22.5. The fourth-order valence-corrected chi connectivity index (χ4v) is 3.37. The number of nitrogens with two attached hydrogens (primary N) is 2. The van der Waals surface area contributed by atoms with Crippen LogP contribution in [0.2, 0.25) is 0 Å². The van der Waals surface area contributed by atoms with Gasteiger partial charge in [0.15, 0.2) is 0 Å². The van der Waals surface area contributed by atoms with Crippen molar-refractivity contribution in [1.29, 1.82) is 0 Å². The molecule has 32 heavy (non-hydrogen) atoms. The van der Waals surface area contributed by atoms with E-state index in [0.29, 0.717) is 29.9 Å². The molecule has 6 heteroatoms. The van der Waals surface area contributed by atoms with Crippen molar-refractivity contribution in [3.63, 3.8) is 0 Å². The Balaban J connectivity index is 1.42. The molecule has 0 aliphatic carbocycles. The average molecular weight is 431 g/mol. The third kappa shape index (κ3) is 6.96. The number of rotatable bonds is 10. The van der Waals surface area contributed by atoms with Crippen molar-refractivity contribution in [2.24, 2.45) is 5.73 Å². The van der Waals surface area contributed by atoms with Crippen LogP contribution in [-0.4, -0.2) is 18.4 Å². The summed E-state index contributed by atoms with van der Waals surface area (Å²) in [4.78, 5) is 24.6. The van der Waals surface area contributed by atoms with E-state index in [0.717, 1.165) is 36.9 Å². The minimum atomic E-state index is -0.206. The molecule has 0 aromatic heterocycles. The molecule has 6 nitrogen and oxygen atoms in total. The SMILES string of the molecule is NCCCc1ccc(NC(=O)CCCc2ccc(C(=O)Nc3ccccc3N)cc2)cc1. The Morgan fingerprint density at radius 2 is 1.38 bits per heavy atom. The van der Waals surface area contributed by atoms with Gasteiger partial charge in [-0.15, -0.1) is 0 Å². The molecule has 6 N–H and O–H groups in total. The van der Waals surface area contributed by atoms with Crippen LogP contribution < -0.4 is 22.1 Å². The molecule has 3 rings (SSSR count). The summed E-state index contributed by atoms with van der Waals surface area (Å²) in [6.07, 6.45) is 3.83. The highest BCUT2D eigenvalue weighted by Gasteiger charge is 2.08. The molecule has 0 saturated carbocycles. The van der Waals surface area contributed by atoms with Crippen LogP contribution in [0.4, 0.5) is 17.1 Å². The van der Waals surface area contributed by atoms with Gasteiger partial charge in [-0.2, -0.15) is 0 Å². The fraction of sp³-hybridized carbons (Fsp3) is 0.231. The Labute approximate surface area is 189 Å². The van der Waals surface area contributed by atoms with E-state index in [2.05, 4.69) is 10.6 Å². The number of anilines is 3. The van der Waals surface area contributed by atoms with Gasteiger partial charge < -0.3 is 22.1 Å². The van der Waals surface area contributed by atoms with Gasteiger partial charge in [-0.25, -0.2) is 0 Å². The van der Waals surface area contributed by atoms with E-state index in [1.807, 2.05) is 48.5 Å². The molecule has 0 unspecified atom stereocenters. The predicted octanol–water partition coefficient (Wildman–Crippen LogP) is 4.37. The van der Waals surface area contributed by atoms with Crippen LogP contribution in [0.15, 0.2) is 72.8 Å². The maximum Gasteiger partial charge on any atom is 0.255 e. The molecule has 3 aromatic rings. The van der Waals surface area contributed by atoms with Crippen molar-refractivity contribution >= 4 is 28.9 Å². The quantitative estimate of drug-likeness (QED) is 0.358. The molecular formula is C26H30N4O2. The molecule has 0 aliphatic rings. The first kappa shape index (κ1) is 23.0. The number of benzene rings is 3. The Bertz CT molecular complexity index is 1030. The number of hydrogen-bond acceptors (Lipinski definition) is 4. The van der Waals surface area contributed by atoms with Gasteiger partial charge in [-0.05, 0) is 79.8 Å². The van der Waals surface area contributed by atoms with Crippen molar-refractivity contribution in [1.82, 2.24) is 0 Å². The molecule has 3 aromatic carbocycles. The summed E-state index contributed by atoms with van der Waals surface area (Å²) in [6.45, 7) is 0.678. The van der Waals surface area contributed by atoms with Gasteiger partial charge in [0.2, 0.25) is 5.91 Å². The minimum absolute atomic E-state index is 0.00356. The van der Waals surface area contributed by atoms with Crippen LogP contribution in [0.1, 0.15) is 40.7 Å². The lowest BCUT2D eigenvalue weighted by molar-refractivity contribution is -0.116. The second-order valence-corrected chi connectivity index (χ2v) is 7.73. The number of hydrogen-bond donors (Lipinski definition) is 4. The molecule has 0 atom stereocenters. The Morgan fingerprint density at radius 1 is 0.750 bits per heavy atom. The Kier molecular flexibility index (Phi) is 8.40. The summed E-state index contributed by atoms with van der Waals surface area (Å²) in [5.74, 6) is -0.209. The van der Waals surface area contributed by atoms with Gasteiger partial charge in [-0.1, -0.05) is 36.4 Å². The molecule has 2 amide bonds. The third-order valence-corrected chi connectivity index (χ3v) is 5.20. The monoisotopic (exact) mass is 430 g/mol. The lowest BCUT2D eigenvalue weighted by Gasteiger charge is -2.09. The zero-order valence-electron chi connectivity index (χ0n) is 18.1. The van der Waals surface area contributed by atoms with E-state index >= 15 is 0 Å². The summed E-state index contributed by atoms with van der Waals surface area (Å²) in [5, 5.41) is 5.75. The van der Waals surface area contributed by atoms with Crippen LogP contribution >= 0.6 is 0 Å². The second kappa shape index (κ2) is 11.7. The number of amides is 2. The smallest absolute Gasteiger partial charge is 0.255 e. The molecular weight excluding hydrogens is 400 g/mol. The van der Waals surface area contributed by atoms with Gasteiger partial charge in [0.25, 0.3) is 5.91 Å². The van der Waals surface area contributed by atoms with E-state index < -0.39 is 0 Å². The highest BCUT2D eigenvalue weighted by molar-refractivity contribution is 6.05. The van der Waals surface area contributed by atoms with Crippen molar-refractivity contribution in [2.75, 3.05) is 22.9 Å². The van der Waals surface area contributed by atoms with Gasteiger partial charge in [0.05, 0.1) is 11.4 Å². The van der Waals surface area contributed by atoms with Crippen LogP contribution in [0, 0.1) is 0 Å². The summed E-state index contributed by atoms with van der Waals surface area (Å²) < 4.78 is 0. The number of aryl methyl sites for hydroxylation is 2. The largest absolute Gasteiger partial charge is 0.397 e. The van der Waals surface area contributed by atoms with E-state index in [-0.39, 0.29) is 11.8 Å². The van der Waals surface area contributed by atoms with Gasteiger partial charge in [0, 0.05) is 17.7 Å². The number of carbonyl (C=O) groups excluding carboxylic acids is 2. The summed E-state index contributed by atoms with van der Waals surface area (Å²) in [7, 11) is 0. The van der Waals surface area contributed by atoms with E-state index in [1.54, 1.807) is 24.3 Å². The predicted molar refractivity (Wildman–Crippen MR) is 131 cm³/mol. The highest BCUT2D eigenvalue weighted by Crippen LogP contribution is 2.18. The summed E-state index contributed by atoms with van der Waals surface area (Å²) >= 11 is 0. The molecule has 0 radical (unpaired) electrons. The Morgan fingerprint density at radius 3 is 2.03 bits per heavy atom. The zero-order valence-corrected chi connectivity index (χ0v) is 18.1. The van der Waals surface area contributed by atoms with Crippen LogP contribution in [0.25, 0.3) is 0 Å². The molecule has 0 fully saturated rings. The minimum Gasteiger partial charge on any atom is -0.397 e. The normalized spacial score (nSPS) is 10.5. The summed E-state index contributed by atoms with van der Waals surface area (Å²) in [5.41, 5.74) is 16.2. The van der Waals surface area contributed by atoms with Crippen molar-refractivity contribution in [2.45, 2.75) is 32.1 Å². The second-order valence-electron chi connectivity index (χ2n) is 7.73. The zero-order chi connectivity index (χ0) is 22.8. The first-order chi connectivity index (χ1) is 15.5. The number of nitrogen functional groups attached to an aromatic ring is 1. The van der Waals surface area contributed by atoms with Gasteiger partial charge >= 0.3 is 0 Å². The molecule has 0 heterocycles. The van der Waals surface area contributed by atoms with E-state index in [1.165, 1.54) is 5.56 Å². The molecule has 0 bridgehead atoms. The van der Waals surface area contributed by atoms with Crippen LogP contribution in [0.3, 0.4) is 0 Å². The highest BCUT2D eigenvalue weighted by atomic mass is 16.2. The first-order valence-electron chi connectivity index (χ1n) is 10.9. The van der Waals surface area contributed by atoms with Crippen molar-refractivity contribution in [3.05, 3.63) is 89.5 Å². The Hall–Kier alpha value is -3.64. The molecule has 0 saturated heterocycles. The first-order valence-corrected chi connectivity index (χ1v) is 10.9. The van der Waals surface area contributed by atoms with Crippen molar-refractivity contribution < 1.29 is 9.59 Å². The third-order valence-electron chi connectivity index (χ3n) is 5.20. The average Bonchev–Trinajstić information content (AvgIpc) is 2.80. The standard InChI is InChI=1S/C26H30N4O2/c27-18-4-6-20-12-16-22(17-13-20)29-25(31)9-3-5-19-10-14-21(15-11-19)26(32)30-24-8-2-1-7-23(24)28/h1-2,7-8,10-17H,3-6,9,18,27-28H2,(H,29,31)(H,30,32).